The van der Waals surface area contributed by atoms with Gasteiger partial charge in [-0.25, -0.2) is 13.4 Å². The quantitative estimate of drug-likeness (QED) is 0.855. The highest BCUT2D eigenvalue weighted by molar-refractivity contribution is 7.90. The lowest BCUT2D eigenvalue weighted by atomic mass is 10.1. The van der Waals surface area contributed by atoms with E-state index in [9.17, 15) is 8.42 Å². The van der Waals surface area contributed by atoms with Crippen molar-refractivity contribution in [3.05, 3.63) is 47.0 Å². The van der Waals surface area contributed by atoms with E-state index in [1.54, 1.807) is 30.6 Å². The minimum atomic E-state index is -3.31. The maximum atomic E-state index is 11.8. The monoisotopic (exact) mass is 327 g/mol. The predicted molar refractivity (Wildman–Crippen MR) is 83.0 cm³/mol. The first-order valence-corrected chi connectivity index (χ1v) is 8.90. The molecule has 5 nitrogen and oxygen atoms in total. The zero-order valence-corrected chi connectivity index (χ0v) is 13.5. The van der Waals surface area contributed by atoms with Crippen LogP contribution in [-0.4, -0.2) is 24.6 Å². The molecule has 0 aliphatic rings. The van der Waals surface area contributed by atoms with Crippen LogP contribution in [0.2, 0.25) is 5.02 Å². The van der Waals surface area contributed by atoms with E-state index in [1.165, 1.54) is 6.26 Å². The predicted octanol–water partition coefficient (Wildman–Crippen LogP) is 2.71. The number of halogens is 1. The molecule has 0 amide bonds. The first-order valence-electron chi connectivity index (χ1n) is 6.63. The summed E-state index contributed by atoms with van der Waals surface area (Å²) in [5, 5.41) is 3.74. The molecule has 1 aromatic carbocycles. The highest BCUT2D eigenvalue weighted by Crippen LogP contribution is 2.25. The molecule has 21 heavy (non-hydrogen) atoms. The Balaban J connectivity index is 2.24. The van der Waals surface area contributed by atoms with Crippen LogP contribution in [0, 0.1) is 0 Å². The summed E-state index contributed by atoms with van der Waals surface area (Å²) in [6, 6.07) is 4.93. The molecule has 0 saturated carbocycles. The SMILES string of the molecule is CCC(NCc1c(Cl)cccc1S(C)(=O)=O)c1ncc[nH]1. The highest BCUT2D eigenvalue weighted by atomic mass is 35.5. The minimum Gasteiger partial charge on any atom is -0.347 e. The number of nitrogens with zero attached hydrogens (tertiary/aromatic N) is 1. The number of nitrogens with one attached hydrogen (secondary N) is 2. The van der Waals surface area contributed by atoms with Crippen molar-refractivity contribution in [3.8, 4) is 0 Å². The molecule has 1 aromatic heterocycles. The van der Waals surface area contributed by atoms with Crippen molar-refractivity contribution in [1.29, 1.82) is 0 Å². The lowest BCUT2D eigenvalue weighted by Gasteiger charge is -2.17. The van der Waals surface area contributed by atoms with Gasteiger partial charge in [-0.05, 0) is 18.6 Å². The summed E-state index contributed by atoms with van der Waals surface area (Å²) in [5.74, 6) is 0.824. The summed E-state index contributed by atoms with van der Waals surface area (Å²) in [4.78, 5) is 7.54. The van der Waals surface area contributed by atoms with Gasteiger partial charge in [0.2, 0.25) is 0 Å². The number of aromatic nitrogens is 2. The second kappa shape index (κ2) is 6.60. The van der Waals surface area contributed by atoms with E-state index in [0.717, 1.165) is 12.2 Å². The van der Waals surface area contributed by atoms with Crippen LogP contribution in [-0.2, 0) is 16.4 Å². The summed E-state index contributed by atoms with van der Waals surface area (Å²) in [6.07, 6.45) is 5.46. The van der Waals surface area contributed by atoms with Crippen molar-refractivity contribution in [1.82, 2.24) is 15.3 Å². The Morgan fingerprint density at radius 1 is 1.43 bits per heavy atom. The molecule has 0 bridgehead atoms. The topological polar surface area (TPSA) is 74.8 Å². The van der Waals surface area contributed by atoms with Crippen molar-refractivity contribution in [2.45, 2.75) is 30.8 Å². The molecule has 0 saturated heterocycles. The summed E-state index contributed by atoms with van der Waals surface area (Å²) in [7, 11) is -3.31. The molecule has 0 aliphatic heterocycles. The third kappa shape index (κ3) is 3.84. The number of hydrogen-bond donors (Lipinski definition) is 2. The first kappa shape index (κ1) is 16.0. The third-order valence-electron chi connectivity index (χ3n) is 3.26. The molecule has 1 atom stereocenters. The largest absolute Gasteiger partial charge is 0.347 e. The van der Waals surface area contributed by atoms with E-state index in [-0.39, 0.29) is 10.9 Å². The zero-order valence-electron chi connectivity index (χ0n) is 11.9. The van der Waals surface area contributed by atoms with Crippen LogP contribution in [0.25, 0.3) is 0 Å². The normalized spacial score (nSPS) is 13.3. The lowest BCUT2D eigenvalue weighted by molar-refractivity contribution is 0.494. The van der Waals surface area contributed by atoms with Gasteiger partial charge in [-0.15, -0.1) is 0 Å². The Bertz CT molecular complexity index is 699. The minimum absolute atomic E-state index is 0.0173. The van der Waals surface area contributed by atoms with Crippen LogP contribution < -0.4 is 5.32 Å². The Hall–Kier alpha value is -1.37. The van der Waals surface area contributed by atoms with Crippen LogP contribution in [0.4, 0.5) is 0 Å². The van der Waals surface area contributed by atoms with Crippen LogP contribution in [0.1, 0.15) is 30.8 Å². The number of sulfone groups is 1. The summed E-state index contributed by atoms with van der Waals surface area (Å²) in [5.41, 5.74) is 0.590. The molecule has 114 valence electrons. The van der Waals surface area contributed by atoms with E-state index >= 15 is 0 Å². The number of hydrogen-bond acceptors (Lipinski definition) is 4. The summed E-state index contributed by atoms with van der Waals surface area (Å²) < 4.78 is 23.7. The highest BCUT2D eigenvalue weighted by Gasteiger charge is 2.18. The molecule has 2 aromatic rings. The maximum Gasteiger partial charge on any atom is 0.175 e. The number of imidazole rings is 1. The van der Waals surface area contributed by atoms with Gasteiger partial charge in [0.1, 0.15) is 5.82 Å². The molecule has 1 heterocycles. The molecule has 2 rings (SSSR count). The Morgan fingerprint density at radius 3 is 2.76 bits per heavy atom. The van der Waals surface area contributed by atoms with Gasteiger partial charge in [-0.1, -0.05) is 24.6 Å². The average Bonchev–Trinajstić information content (AvgIpc) is 2.93. The van der Waals surface area contributed by atoms with E-state index in [4.69, 9.17) is 11.6 Å². The molecular formula is C14H18ClN3O2S. The number of rotatable bonds is 6. The molecule has 1 unspecified atom stereocenters. The van der Waals surface area contributed by atoms with Gasteiger partial charge in [0, 0.05) is 35.8 Å². The zero-order chi connectivity index (χ0) is 15.5. The molecule has 0 fully saturated rings. The lowest BCUT2D eigenvalue weighted by Crippen LogP contribution is -2.22. The van der Waals surface area contributed by atoms with Crippen LogP contribution in [0.3, 0.4) is 0 Å². The Labute approximate surface area is 129 Å². The standard InChI is InChI=1S/C14H18ClN3O2S/c1-3-12(14-16-7-8-17-14)18-9-10-11(15)5-4-6-13(10)21(2,19)20/h4-8,12,18H,3,9H2,1-2H3,(H,16,17). The van der Waals surface area contributed by atoms with Gasteiger partial charge in [0.05, 0.1) is 10.9 Å². The van der Waals surface area contributed by atoms with E-state index in [2.05, 4.69) is 15.3 Å². The maximum absolute atomic E-state index is 11.8. The third-order valence-corrected chi connectivity index (χ3v) is 4.79. The van der Waals surface area contributed by atoms with Crippen LogP contribution >= 0.6 is 11.6 Å². The van der Waals surface area contributed by atoms with Crippen molar-refractivity contribution in [2.75, 3.05) is 6.26 Å². The van der Waals surface area contributed by atoms with Crippen molar-refractivity contribution < 1.29 is 8.42 Å². The number of aromatic amines is 1. The molecule has 0 aliphatic carbocycles. The van der Waals surface area contributed by atoms with Gasteiger partial charge in [-0.2, -0.15) is 0 Å². The van der Waals surface area contributed by atoms with Crippen LogP contribution in [0.5, 0.6) is 0 Å². The number of H-pyrrole nitrogens is 1. The Kier molecular flexibility index (Phi) is 5.03. The van der Waals surface area contributed by atoms with E-state index in [0.29, 0.717) is 17.1 Å². The molecule has 2 N–H and O–H groups in total. The van der Waals surface area contributed by atoms with Gasteiger partial charge in [-0.3, -0.25) is 0 Å². The fourth-order valence-corrected chi connectivity index (χ4v) is 3.44. The fraction of sp³-hybridized carbons (Fsp3) is 0.357. The average molecular weight is 328 g/mol. The second-order valence-corrected chi connectivity index (χ2v) is 7.20. The van der Waals surface area contributed by atoms with Crippen LogP contribution in [0.15, 0.2) is 35.5 Å². The van der Waals surface area contributed by atoms with E-state index in [1.807, 2.05) is 6.92 Å². The van der Waals surface area contributed by atoms with Gasteiger partial charge in [0.15, 0.2) is 9.84 Å². The smallest absolute Gasteiger partial charge is 0.175 e. The Morgan fingerprint density at radius 2 is 2.19 bits per heavy atom. The van der Waals surface area contributed by atoms with Gasteiger partial charge < -0.3 is 10.3 Å². The molecular weight excluding hydrogens is 310 g/mol. The second-order valence-electron chi connectivity index (χ2n) is 4.80. The summed E-state index contributed by atoms with van der Waals surface area (Å²) >= 11 is 6.16. The van der Waals surface area contributed by atoms with E-state index < -0.39 is 9.84 Å². The van der Waals surface area contributed by atoms with Gasteiger partial charge >= 0.3 is 0 Å². The van der Waals surface area contributed by atoms with Crippen molar-refractivity contribution in [2.24, 2.45) is 0 Å². The number of benzene rings is 1. The summed E-state index contributed by atoms with van der Waals surface area (Å²) in [6.45, 7) is 2.39. The van der Waals surface area contributed by atoms with Crippen molar-refractivity contribution in [3.63, 3.8) is 0 Å². The molecule has 0 spiro atoms. The van der Waals surface area contributed by atoms with Gasteiger partial charge in [0.25, 0.3) is 0 Å². The van der Waals surface area contributed by atoms with Crippen molar-refractivity contribution >= 4 is 21.4 Å². The molecule has 7 heteroatoms. The first-order chi connectivity index (χ1) is 9.93. The fourth-order valence-electron chi connectivity index (χ4n) is 2.19. The molecule has 0 radical (unpaired) electrons.